The molecule has 2 aromatic rings. The number of alkyl halides is 2. The maximum absolute atomic E-state index is 12.2. The molecule has 0 aliphatic heterocycles. The van der Waals surface area contributed by atoms with Crippen molar-refractivity contribution in [2.45, 2.75) is 6.61 Å². The third-order valence-electron chi connectivity index (χ3n) is 2.97. The van der Waals surface area contributed by atoms with Gasteiger partial charge in [-0.15, -0.1) is 0 Å². The highest BCUT2D eigenvalue weighted by atomic mass is 35.5. The zero-order chi connectivity index (χ0) is 17.7. The molecule has 8 heteroatoms. The van der Waals surface area contributed by atoms with Gasteiger partial charge in [0.1, 0.15) is 5.75 Å². The molecule has 0 aliphatic rings. The Morgan fingerprint density at radius 3 is 2.25 bits per heavy atom. The smallest absolute Gasteiger partial charge is 0.387 e. The molecule has 0 saturated carbocycles. The third kappa shape index (κ3) is 4.42. The maximum atomic E-state index is 12.2. The Hall–Kier alpha value is -2.67. The van der Waals surface area contributed by atoms with Crippen LogP contribution < -0.4 is 10.1 Å². The van der Waals surface area contributed by atoms with Crippen molar-refractivity contribution in [3.8, 4) is 5.75 Å². The van der Waals surface area contributed by atoms with E-state index in [9.17, 15) is 18.4 Å². The van der Waals surface area contributed by atoms with Crippen molar-refractivity contribution in [3.05, 3.63) is 58.6 Å². The van der Waals surface area contributed by atoms with E-state index >= 15 is 0 Å². The molecule has 0 aromatic heterocycles. The average molecular weight is 356 g/mol. The van der Waals surface area contributed by atoms with E-state index in [1.165, 1.54) is 49.6 Å². The quantitative estimate of drug-likeness (QED) is 0.824. The van der Waals surface area contributed by atoms with Gasteiger partial charge in [0.2, 0.25) is 0 Å². The lowest BCUT2D eigenvalue weighted by molar-refractivity contribution is -0.0497. The summed E-state index contributed by atoms with van der Waals surface area (Å²) in [4.78, 5) is 23.4. The molecular weight excluding hydrogens is 344 g/mol. The fourth-order valence-corrected chi connectivity index (χ4v) is 2.07. The highest BCUT2D eigenvalue weighted by molar-refractivity contribution is 6.32. The van der Waals surface area contributed by atoms with Gasteiger partial charge in [0.15, 0.2) is 0 Å². The van der Waals surface area contributed by atoms with Gasteiger partial charge in [0.25, 0.3) is 5.91 Å². The predicted octanol–water partition coefficient (Wildman–Crippen LogP) is 3.98. The maximum Gasteiger partial charge on any atom is 0.387 e. The van der Waals surface area contributed by atoms with E-state index in [2.05, 4.69) is 14.8 Å². The number of halogens is 3. The normalized spacial score (nSPS) is 10.4. The lowest BCUT2D eigenvalue weighted by Gasteiger charge is -2.10. The van der Waals surface area contributed by atoms with Gasteiger partial charge in [0, 0.05) is 11.3 Å². The Morgan fingerprint density at radius 2 is 1.71 bits per heavy atom. The van der Waals surface area contributed by atoms with Gasteiger partial charge in [-0.05, 0) is 42.5 Å². The summed E-state index contributed by atoms with van der Waals surface area (Å²) in [5.74, 6) is -1.15. The van der Waals surface area contributed by atoms with Crippen LogP contribution in [-0.4, -0.2) is 25.6 Å². The van der Waals surface area contributed by atoms with Crippen molar-refractivity contribution in [1.82, 2.24) is 0 Å². The molecular formula is C16H12ClF2NO4. The highest BCUT2D eigenvalue weighted by Gasteiger charge is 2.12. The monoisotopic (exact) mass is 355 g/mol. The van der Waals surface area contributed by atoms with E-state index in [4.69, 9.17) is 11.6 Å². The Balaban J connectivity index is 2.09. The molecule has 126 valence electrons. The van der Waals surface area contributed by atoms with Gasteiger partial charge in [-0.25, -0.2) is 4.79 Å². The zero-order valence-electron chi connectivity index (χ0n) is 12.4. The third-order valence-corrected chi connectivity index (χ3v) is 3.27. The molecule has 0 unspecified atom stereocenters. The summed E-state index contributed by atoms with van der Waals surface area (Å²) in [7, 11) is 1.26. The van der Waals surface area contributed by atoms with E-state index in [0.29, 0.717) is 16.8 Å². The van der Waals surface area contributed by atoms with Gasteiger partial charge in [-0.2, -0.15) is 8.78 Å². The number of anilines is 1. The van der Waals surface area contributed by atoms with Gasteiger partial charge in [-0.1, -0.05) is 11.6 Å². The van der Waals surface area contributed by atoms with Crippen LogP contribution >= 0.6 is 11.6 Å². The molecule has 0 fully saturated rings. The highest BCUT2D eigenvalue weighted by Crippen LogP contribution is 2.29. The lowest BCUT2D eigenvalue weighted by atomic mass is 10.1. The number of carbonyl (C=O) groups excluding carboxylic acids is 2. The fourth-order valence-electron chi connectivity index (χ4n) is 1.85. The molecule has 1 amide bonds. The molecule has 1 N–H and O–H groups in total. The van der Waals surface area contributed by atoms with Crippen LogP contribution in [0.4, 0.5) is 14.5 Å². The average Bonchev–Trinajstić information content (AvgIpc) is 2.56. The fraction of sp³-hybridized carbons (Fsp3) is 0.125. The second kappa shape index (κ2) is 7.74. The Kier molecular flexibility index (Phi) is 5.70. The molecule has 0 saturated heterocycles. The largest absolute Gasteiger partial charge is 0.465 e. The SMILES string of the molecule is COC(=O)c1ccc(C(=O)Nc2ccc(OC(F)F)c(Cl)c2)cc1. The van der Waals surface area contributed by atoms with E-state index in [1.807, 2.05) is 0 Å². The molecule has 0 atom stereocenters. The minimum absolute atomic E-state index is 0.0610. The number of rotatable bonds is 5. The van der Waals surface area contributed by atoms with Crippen LogP contribution in [0.25, 0.3) is 0 Å². The van der Waals surface area contributed by atoms with Crippen molar-refractivity contribution in [2.75, 3.05) is 12.4 Å². The number of nitrogens with one attached hydrogen (secondary N) is 1. The van der Waals surface area contributed by atoms with Crippen molar-refractivity contribution in [3.63, 3.8) is 0 Å². The summed E-state index contributed by atoms with van der Waals surface area (Å²) in [6, 6.07) is 9.71. The molecule has 24 heavy (non-hydrogen) atoms. The number of hydrogen-bond acceptors (Lipinski definition) is 4. The summed E-state index contributed by atoms with van der Waals surface area (Å²) < 4.78 is 33.1. The minimum atomic E-state index is -2.99. The summed E-state index contributed by atoms with van der Waals surface area (Å²) in [6.45, 7) is -2.99. The van der Waals surface area contributed by atoms with E-state index in [1.54, 1.807) is 0 Å². The van der Waals surface area contributed by atoms with Crippen molar-refractivity contribution in [1.29, 1.82) is 0 Å². The first-order valence-corrected chi connectivity index (χ1v) is 7.02. The summed E-state index contributed by atoms with van der Waals surface area (Å²) in [6.07, 6.45) is 0. The topological polar surface area (TPSA) is 64.6 Å². The zero-order valence-corrected chi connectivity index (χ0v) is 13.1. The molecule has 0 bridgehead atoms. The number of amides is 1. The first-order chi connectivity index (χ1) is 11.4. The van der Waals surface area contributed by atoms with Crippen molar-refractivity contribution in [2.24, 2.45) is 0 Å². The number of hydrogen-bond donors (Lipinski definition) is 1. The van der Waals surface area contributed by atoms with Crippen LogP contribution in [0.2, 0.25) is 5.02 Å². The van der Waals surface area contributed by atoms with Gasteiger partial charge in [0.05, 0.1) is 17.7 Å². The number of carbonyl (C=O) groups is 2. The van der Waals surface area contributed by atoms with Crippen LogP contribution in [0.1, 0.15) is 20.7 Å². The molecule has 2 rings (SSSR count). The van der Waals surface area contributed by atoms with Crippen LogP contribution in [-0.2, 0) is 4.74 Å². The molecule has 5 nitrogen and oxygen atoms in total. The number of benzene rings is 2. The summed E-state index contributed by atoms with van der Waals surface area (Å²) in [5, 5.41) is 2.50. The summed E-state index contributed by atoms with van der Waals surface area (Å²) in [5.41, 5.74) is 0.918. The number of methoxy groups -OCH3 is 1. The van der Waals surface area contributed by atoms with Crippen molar-refractivity contribution < 1.29 is 27.8 Å². The van der Waals surface area contributed by atoms with Crippen molar-refractivity contribution >= 4 is 29.2 Å². The van der Waals surface area contributed by atoms with Gasteiger partial charge >= 0.3 is 12.6 Å². The Labute approximate surface area is 141 Å². The van der Waals surface area contributed by atoms with Crippen LogP contribution in [0, 0.1) is 0 Å². The van der Waals surface area contributed by atoms with Crippen LogP contribution in [0.5, 0.6) is 5.75 Å². The Morgan fingerprint density at radius 1 is 1.08 bits per heavy atom. The molecule has 2 aromatic carbocycles. The first kappa shape index (κ1) is 17.7. The van der Waals surface area contributed by atoms with Gasteiger partial charge in [-0.3, -0.25) is 4.79 Å². The first-order valence-electron chi connectivity index (χ1n) is 6.65. The predicted molar refractivity (Wildman–Crippen MR) is 83.8 cm³/mol. The Bertz CT molecular complexity index is 750. The second-order valence-electron chi connectivity index (χ2n) is 4.55. The van der Waals surface area contributed by atoms with Crippen LogP contribution in [0.15, 0.2) is 42.5 Å². The van der Waals surface area contributed by atoms with E-state index < -0.39 is 18.5 Å². The second-order valence-corrected chi connectivity index (χ2v) is 4.95. The van der Waals surface area contributed by atoms with E-state index in [-0.39, 0.29) is 10.8 Å². The summed E-state index contributed by atoms with van der Waals surface area (Å²) >= 11 is 5.81. The lowest BCUT2D eigenvalue weighted by Crippen LogP contribution is -2.12. The molecule has 0 radical (unpaired) electrons. The molecule has 0 aliphatic carbocycles. The molecule has 0 spiro atoms. The van der Waals surface area contributed by atoms with Crippen LogP contribution in [0.3, 0.4) is 0 Å². The number of ether oxygens (including phenoxy) is 2. The number of esters is 1. The van der Waals surface area contributed by atoms with Gasteiger partial charge < -0.3 is 14.8 Å². The standard InChI is InChI=1S/C16H12ClF2NO4/c1-23-15(22)10-4-2-9(3-5-10)14(21)20-11-6-7-13(12(17)8-11)24-16(18)19/h2-8,16H,1H3,(H,20,21). The minimum Gasteiger partial charge on any atom is -0.465 e. The molecule has 0 heterocycles. The van der Waals surface area contributed by atoms with E-state index in [0.717, 1.165) is 0 Å².